The molecule has 0 aliphatic carbocycles. The number of nitrogens with zero attached hydrogens (tertiary/aromatic N) is 1. The smallest absolute Gasteiger partial charge is 0.245 e. The number of hydrogen-bond donors (Lipinski definition) is 1. The zero-order valence-corrected chi connectivity index (χ0v) is 9.75. The Morgan fingerprint density at radius 1 is 1.47 bits per heavy atom. The number of hydrogen-bond acceptors (Lipinski definition) is 2. The van der Waals surface area contributed by atoms with Gasteiger partial charge in [-0.1, -0.05) is 27.2 Å². The third-order valence-electron chi connectivity index (χ3n) is 2.92. The molecule has 1 aliphatic heterocycles. The van der Waals surface area contributed by atoms with Crippen molar-refractivity contribution in [1.82, 2.24) is 10.2 Å². The van der Waals surface area contributed by atoms with Gasteiger partial charge >= 0.3 is 0 Å². The van der Waals surface area contributed by atoms with Crippen molar-refractivity contribution in [1.29, 1.82) is 0 Å². The van der Waals surface area contributed by atoms with Crippen molar-refractivity contribution in [3.63, 3.8) is 0 Å². The Morgan fingerprint density at radius 2 is 2.13 bits per heavy atom. The molecule has 0 aromatic carbocycles. The Balaban J connectivity index is 2.62. The highest BCUT2D eigenvalue weighted by Gasteiger charge is 2.31. The molecule has 0 aromatic rings. The summed E-state index contributed by atoms with van der Waals surface area (Å²) >= 11 is 0. The van der Waals surface area contributed by atoms with Gasteiger partial charge in [-0.15, -0.1) is 0 Å². The van der Waals surface area contributed by atoms with Crippen LogP contribution in [0, 0.1) is 5.92 Å². The fourth-order valence-corrected chi connectivity index (χ4v) is 1.71. The molecule has 2 amide bonds. The monoisotopic (exact) mass is 212 g/mol. The van der Waals surface area contributed by atoms with Gasteiger partial charge in [-0.05, 0) is 12.3 Å². The van der Waals surface area contributed by atoms with Gasteiger partial charge in [-0.3, -0.25) is 9.59 Å². The molecule has 2 atom stereocenters. The predicted octanol–water partition coefficient (Wildman–Crippen LogP) is 0.769. The van der Waals surface area contributed by atoms with Crippen molar-refractivity contribution in [3.8, 4) is 0 Å². The van der Waals surface area contributed by atoms with Gasteiger partial charge in [0, 0.05) is 6.54 Å². The molecule has 86 valence electrons. The lowest BCUT2D eigenvalue weighted by atomic mass is 10.1. The van der Waals surface area contributed by atoms with Crippen molar-refractivity contribution in [3.05, 3.63) is 0 Å². The molecule has 4 nitrogen and oxygen atoms in total. The maximum absolute atomic E-state index is 11.9. The summed E-state index contributed by atoms with van der Waals surface area (Å²) in [5, 5.41) is 2.71. The van der Waals surface area contributed by atoms with E-state index in [1.165, 1.54) is 0 Å². The van der Waals surface area contributed by atoms with Crippen LogP contribution in [0.1, 0.15) is 33.6 Å². The summed E-state index contributed by atoms with van der Waals surface area (Å²) in [5.74, 6) is 0.486. The first kappa shape index (κ1) is 12.0. The average molecular weight is 212 g/mol. The predicted molar refractivity (Wildman–Crippen MR) is 58.3 cm³/mol. The summed E-state index contributed by atoms with van der Waals surface area (Å²) in [4.78, 5) is 24.9. The van der Waals surface area contributed by atoms with Crippen LogP contribution in [0.4, 0.5) is 0 Å². The van der Waals surface area contributed by atoms with Crippen LogP contribution in [-0.2, 0) is 9.59 Å². The first-order valence-electron chi connectivity index (χ1n) is 5.66. The summed E-state index contributed by atoms with van der Waals surface area (Å²) < 4.78 is 0. The lowest BCUT2D eigenvalue weighted by molar-refractivity contribution is -0.144. The van der Waals surface area contributed by atoms with Gasteiger partial charge < -0.3 is 10.2 Å². The van der Waals surface area contributed by atoms with E-state index in [1.807, 2.05) is 6.92 Å². The second-order valence-electron chi connectivity index (χ2n) is 4.26. The number of nitrogens with one attached hydrogen (secondary N) is 1. The second kappa shape index (κ2) is 5.14. The first-order valence-corrected chi connectivity index (χ1v) is 5.66. The minimum absolute atomic E-state index is 0.0373. The second-order valence-corrected chi connectivity index (χ2v) is 4.26. The standard InChI is InChI=1S/C11H20N2O2/c1-4-8(3)6-13-7-10(14)12-9(5-2)11(13)15/h8-9H,4-7H2,1-3H3,(H,12,14). The van der Waals surface area contributed by atoms with Crippen molar-refractivity contribution in [2.45, 2.75) is 39.7 Å². The van der Waals surface area contributed by atoms with E-state index in [0.29, 0.717) is 18.9 Å². The third-order valence-corrected chi connectivity index (χ3v) is 2.92. The van der Waals surface area contributed by atoms with E-state index in [-0.39, 0.29) is 24.4 Å². The molecule has 1 fully saturated rings. The van der Waals surface area contributed by atoms with E-state index >= 15 is 0 Å². The molecule has 0 radical (unpaired) electrons. The molecule has 1 rings (SSSR count). The Labute approximate surface area is 91.0 Å². The Bertz CT molecular complexity index is 253. The molecule has 0 spiro atoms. The molecule has 0 saturated carbocycles. The number of carbonyl (C=O) groups excluding carboxylic acids is 2. The van der Waals surface area contributed by atoms with Crippen LogP contribution in [0.2, 0.25) is 0 Å². The van der Waals surface area contributed by atoms with Gasteiger partial charge in [-0.2, -0.15) is 0 Å². The molecule has 4 heteroatoms. The highest BCUT2D eigenvalue weighted by molar-refractivity contribution is 5.94. The normalized spacial score (nSPS) is 23.9. The Morgan fingerprint density at radius 3 is 2.67 bits per heavy atom. The fourth-order valence-electron chi connectivity index (χ4n) is 1.71. The van der Waals surface area contributed by atoms with Gasteiger partial charge in [0.1, 0.15) is 6.04 Å². The summed E-state index contributed by atoms with van der Waals surface area (Å²) in [7, 11) is 0. The maximum Gasteiger partial charge on any atom is 0.245 e. The van der Waals surface area contributed by atoms with Gasteiger partial charge in [0.2, 0.25) is 11.8 Å². The van der Waals surface area contributed by atoms with E-state index in [9.17, 15) is 9.59 Å². The zero-order chi connectivity index (χ0) is 11.4. The summed E-state index contributed by atoms with van der Waals surface area (Å²) in [6, 6.07) is -0.310. The molecule has 0 aromatic heterocycles. The highest BCUT2D eigenvalue weighted by atomic mass is 16.2. The zero-order valence-electron chi connectivity index (χ0n) is 9.75. The number of piperazine rings is 1. The minimum atomic E-state index is -0.310. The number of amides is 2. The molecular weight excluding hydrogens is 192 g/mol. The number of rotatable bonds is 4. The van der Waals surface area contributed by atoms with E-state index < -0.39 is 0 Å². The Kier molecular flexibility index (Phi) is 4.12. The molecule has 1 saturated heterocycles. The fraction of sp³-hybridized carbons (Fsp3) is 0.818. The van der Waals surface area contributed by atoms with E-state index in [1.54, 1.807) is 4.90 Å². The van der Waals surface area contributed by atoms with Gasteiger partial charge in [-0.25, -0.2) is 0 Å². The van der Waals surface area contributed by atoms with Crippen molar-refractivity contribution >= 4 is 11.8 Å². The lowest BCUT2D eigenvalue weighted by Gasteiger charge is -2.33. The van der Waals surface area contributed by atoms with Crippen LogP contribution in [0.5, 0.6) is 0 Å². The van der Waals surface area contributed by atoms with Crippen molar-refractivity contribution in [2.24, 2.45) is 5.92 Å². The third kappa shape index (κ3) is 2.94. The summed E-state index contributed by atoms with van der Waals surface area (Å²) in [5.41, 5.74) is 0. The topological polar surface area (TPSA) is 49.4 Å². The molecule has 1 aliphatic rings. The quantitative estimate of drug-likeness (QED) is 0.748. The number of carbonyl (C=O) groups is 2. The maximum atomic E-state index is 11.9. The van der Waals surface area contributed by atoms with Crippen LogP contribution < -0.4 is 5.32 Å². The highest BCUT2D eigenvalue weighted by Crippen LogP contribution is 2.10. The average Bonchev–Trinajstić information content (AvgIpc) is 2.22. The van der Waals surface area contributed by atoms with Crippen molar-refractivity contribution < 1.29 is 9.59 Å². The van der Waals surface area contributed by atoms with Crippen LogP contribution in [-0.4, -0.2) is 35.8 Å². The van der Waals surface area contributed by atoms with Gasteiger partial charge in [0.05, 0.1) is 6.54 Å². The van der Waals surface area contributed by atoms with Gasteiger partial charge in [0.25, 0.3) is 0 Å². The van der Waals surface area contributed by atoms with Crippen molar-refractivity contribution in [2.75, 3.05) is 13.1 Å². The largest absolute Gasteiger partial charge is 0.343 e. The minimum Gasteiger partial charge on any atom is -0.343 e. The van der Waals surface area contributed by atoms with Crippen LogP contribution in [0.25, 0.3) is 0 Å². The summed E-state index contributed by atoms with van der Waals surface area (Å²) in [6.45, 7) is 7.02. The lowest BCUT2D eigenvalue weighted by Crippen LogP contribution is -2.58. The van der Waals surface area contributed by atoms with Crippen LogP contribution >= 0.6 is 0 Å². The van der Waals surface area contributed by atoms with E-state index in [4.69, 9.17) is 0 Å². The van der Waals surface area contributed by atoms with Crippen LogP contribution in [0.15, 0.2) is 0 Å². The van der Waals surface area contributed by atoms with E-state index in [0.717, 1.165) is 6.42 Å². The Hall–Kier alpha value is -1.06. The van der Waals surface area contributed by atoms with E-state index in [2.05, 4.69) is 19.2 Å². The molecule has 15 heavy (non-hydrogen) atoms. The van der Waals surface area contributed by atoms with Crippen LogP contribution in [0.3, 0.4) is 0 Å². The molecular formula is C11H20N2O2. The SMILES string of the molecule is CCC(C)CN1CC(=O)NC(CC)C1=O. The molecule has 1 heterocycles. The molecule has 1 N–H and O–H groups in total. The van der Waals surface area contributed by atoms with Gasteiger partial charge in [0.15, 0.2) is 0 Å². The summed E-state index contributed by atoms with van der Waals surface area (Å²) in [6.07, 6.45) is 1.70. The molecule has 2 unspecified atom stereocenters. The first-order chi connectivity index (χ1) is 7.08. The molecule has 0 bridgehead atoms.